The van der Waals surface area contributed by atoms with Crippen LogP contribution in [0.4, 0.5) is 4.39 Å². The maximum atomic E-state index is 13.0. The molecule has 1 aromatic rings. The van der Waals surface area contributed by atoms with Gasteiger partial charge < -0.3 is 0 Å². The summed E-state index contributed by atoms with van der Waals surface area (Å²) in [6.45, 7) is 3.36. The van der Waals surface area contributed by atoms with Gasteiger partial charge in [0.05, 0.1) is 6.26 Å². The van der Waals surface area contributed by atoms with Crippen LogP contribution in [-0.4, -0.2) is 56.1 Å². The van der Waals surface area contributed by atoms with Crippen LogP contribution in [0.3, 0.4) is 0 Å². The number of rotatable bonds is 4. The van der Waals surface area contributed by atoms with Gasteiger partial charge >= 0.3 is 0 Å². The zero-order valence-corrected chi connectivity index (χ0v) is 14.4. The fraction of sp³-hybridized carbons (Fsp3) is 0.647. The van der Waals surface area contributed by atoms with Gasteiger partial charge in [-0.15, -0.1) is 0 Å². The Morgan fingerprint density at radius 2 is 1.74 bits per heavy atom. The van der Waals surface area contributed by atoms with Gasteiger partial charge in [0.25, 0.3) is 0 Å². The van der Waals surface area contributed by atoms with Crippen LogP contribution in [0.15, 0.2) is 24.3 Å². The Hall–Kier alpha value is -0.980. The molecule has 4 nitrogen and oxygen atoms in total. The van der Waals surface area contributed by atoms with E-state index in [0.29, 0.717) is 25.0 Å². The fourth-order valence-corrected chi connectivity index (χ4v) is 4.67. The summed E-state index contributed by atoms with van der Waals surface area (Å²) in [5.41, 5.74) is 1.20. The van der Waals surface area contributed by atoms with Crippen molar-refractivity contribution in [3.63, 3.8) is 0 Å². The van der Waals surface area contributed by atoms with Crippen LogP contribution >= 0.6 is 0 Å². The van der Waals surface area contributed by atoms with Crippen LogP contribution in [0.25, 0.3) is 0 Å². The highest BCUT2D eigenvalue weighted by molar-refractivity contribution is 7.88. The summed E-state index contributed by atoms with van der Waals surface area (Å²) in [7, 11) is -3.05. The Morgan fingerprint density at radius 3 is 2.30 bits per heavy atom. The van der Waals surface area contributed by atoms with Crippen LogP contribution in [0, 0.1) is 11.7 Å². The highest BCUT2D eigenvalue weighted by atomic mass is 32.2. The van der Waals surface area contributed by atoms with Gasteiger partial charge in [-0.3, -0.25) is 4.90 Å². The van der Waals surface area contributed by atoms with E-state index in [-0.39, 0.29) is 5.82 Å². The van der Waals surface area contributed by atoms with E-state index < -0.39 is 10.0 Å². The Labute approximate surface area is 138 Å². The third-order valence-electron chi connectivity index (χ3n) is 5.20. The maximum Gasteiger partial charge on any atom is 0.211 e. The zero-order chi connectivity index (χ0) is 16.4. The van der Waals surface area contributed by atoms with Crippen LogP contribution in [0.2, 0.25) is 0 Å². The van der Waals surface area contributed by atoms with Crippen molar-refractivity contribution >= 4 is 10.0 Å². The van der Waals surface area contributed by atoms with Crippen molar-refractivity contribution in [2.45, 2.75) is 31.7 Å². The standard InChI is InChI=1S/C17H25FN2O2S/c1-23(21,22)20-11-8-17(13-20)19-9-6-15(7-10-19)12-14-2-4-16(18)5-3-14/h2-5,15,17H,6-13H2,1H3. The summed E-state index contributed by atoms with van der Waals surface area (Å²) in [6.07, 6.45) is 5.51. The number of piperidine rings is 1. The van der Waals surface area contributed by atoms with Crippen LogP contribution in [0.1, 0.15) is 24.8 Å². The minimum absolute atomic E-state index is 0.180. The molecular formula is C17H25FN2O2S. The lowest BCUT2D eigenvalue weighted by atomic mass is 9.89. The van der Waals surface area contributed by atoms with Gasteiger partial charge in [-0.2, -0.15) is 0 Å². The van der Waals surface area contributed by atoms with E-state index in [9.17, 15) is 12.8 Å². The molecule has 6 heteroatoms. The van der Waals surface area contributed by atoms with Crippen molar-refractivity contribution in [1.29, 1.82) is 0 Å². The van der Waals surface area contributed by atoms with Gasteiger partial charge in [0.2, 0.25) is 10.0 Å². The van der Waals surface area contributed by atoms with Crippen molar-refractivity contribution in [3.8, 4) is 0 Å². The van der Waals surface area contributed by atoms with Crippen molar-refractivity contribution < 1.29 is 12.8 Å². The lowest BCUT2D eigenvalue weighted by Crippen LogP contribution is -2.43. The topological polar surface area (TPSA) is 40.6 Å². The molecule has 2 heterocycles. The normalized spacial score (nSPS) is 25.0. The van der Waals surface area contributed by atoms with Crippen molar-refractivity contribution in [2.75, 3.05) is 32.4 Å². The van der Waals surface area contributed by atoms with Crippen LogP contribution < -0.4 is 0 Å². The summed E-state index contributed by atoms with van der Waals surface area (Å²) in [4.78, 5) is 2.45. The second-order valence-electron chi connectivity index (χ2n) is 6.87. The third kappa shape index (κ3) is 4.31. The Morgan fingerprint density at radius 1 is 1.09 bits per heavy atom. The predicted molar refractivity (Wildman–Crippen MR) is 89.2 cm³/mol. The number of sulfonamides is 1. The Bertz CT molecular complexity index is 624. The minimum atomic E-state index is -3.05. The van der Waals surface area contributed by atoms with E-state index in [2.05, 4.69) is 4.90 Å². The molecule has 0 saturated carbocycles. The molecule has 2 aliphatic heterocycles. The number of hydrogen-bond acceptors (Lipinski definition) is 3. The summed E-state index contributed by atoms with van der Waals surface area (Å²) in [5, 5.41) is 0. The highest BCUT2D eigenvalue weighted by Crippen LogP contribution is 2.26. The van der Waals surface area contributed by atoms with Crippen molar-refractivity contribution in [2.24, 2.45) is 5.92 Å². The van der Waals surface area contributed by atoms with Gasteiger partial charge in [0.1, 0.15) is 5.82 Å². The van der Waals surface area contributed by atoms with E-state index >= 15 is 0 Å². The second kappa shape index (κ2) is 6.87. The van der Waals surface area contributed by atoms with E-state index in [1.165, 1.54) is 24.0 Å². The number of hydrogen-bond donors (Lipinski definition) is 0. The lowest BCUT2D eigenvalue weighted by Gasteiger charge is -2.36. The molecule has 3 rings (SSSR count). The molecule has 1 atom stereocenters. The molecular weight excluding hydrogens is 315 g/mol. The molecule has 128 valence electrons. The minimum Gasteiger partial charge on any atom is -0.299 e. The summed E-state index contributed by atoms with van der Waals surface area (Å²) in [5.74, 6) is 0.462. The molecule has 0 amide bonds. The summed E-state index contributed by atoms with van der Waals surface area (Å²) < 4.78 is 37.8. The Kier molecular flexibility index (Phi) is 5.04. The molecule has 23 heavy (non-hydrogen) atoms. The largest absolute Gasteiger partial charge is 0.299 e. The molecule has 2 saturated heterocycles. The average molecular weight is 340 g/mol. The molecule has 0 N–H and O–H groups in total. The monoisotopic (exact) mass is 340 g/mol. The molecule has 0 aromatic heterocycles. The van der Waals surface area contributed by atoms with Gasteiger partial charge in [-0.25, -0.2) is 17.1 Å². The zero-order valence-electron chi connectivity index (χ0n) is 13.6. The summed E-state index contributed by atoms with van der Waals surface area (Å²) in [6, 6.07) is 7.19. The molecule has 1 unspecified atom stereocenters. The molecule has 0 radical (unpaired) electrons. The molecule has 0 bridgehead atoms. The van der Waals surface area contributed by atoms with E-state index in [1.807, 2.05) is 12.1 Å². The van der Waals surface area contributed by atoms with Crippen molar-refractivity contribution in [3.05, 3.63) is 35.6 Å². The van der Waals surface area contributed by atoms with E-state index in [0.717, 1.165) is 38.8 Å². The molecule has 2 aliphatic rings. The molecule has 1 aromatic carbocycles. The average Bonchev–Trinajstić information content (AvgIpc) is 3.00. The first-order chi connectivity index (χ1) is 10.9. The lowest BCUT2D eigenvalue weighted by molar-refractivity contribution is 0.137. The highest BCUT2D eigenvalue weighted by Gasteiger charge is 2.33. The maximum absolute atomic E-state index is 13.0. The first kappa shape index (κ1) is 16.9. The molecule has 0 spiro atoms. The van der Waals surface area contributed by atoms with Crippen molar-refractivity contribution in [1.82, 2.24) is 9.21 Å². The molecule has 0 aliphatic carbocycles. The molecule has 2 fully saturated rings. The van der Waals surface area contributed by atoms with Gasteiger partial charge in [0, 0.05) is 19.1 Å². The first-order valence-electron chi connectivity index (χ1n) is 8.35. The van der Waals surface area contributed by atoms with Crippen LogP contribution in [-0.2, 0) is 16.4 Å². The quantitative estimate of drug-likeness (QED) is 0.843. The SMILES string of the molecule is CS(=O)(=O)N1CCC(N2CCC(Cc3ccc(F)cc3)CC2)C1. The predicted octanol–water partition coefficient (Wildman–Crippen LogP) is 2.11. The van der Waals surface area contributed by atoms with Gasteiger partial charge in [-0.05, 0) is 62.4 Å². The third-order valence-corrected chi connectivity index (χ3v) is 6.47. The van der Waals surface area contributed by atoms with E-state index in [4.69, 9.17) is 0 Å². The smallest absolute Gasteiger partial charge is 0.211 e. The fourth-order valence-electron chi connectivity index (χ4n) is 3.79. The van der Waals surface area contributed by atoms with E-state index in [1.54, 1.807) is 4.31 Å². The number of likely N-dealkylation sites (tertiary alicyclic amines) is 1. The van der Waals surface area contributed by atoms with Gasteiger partial charge in [0.15, 0.2) is 0 Å². The summed E-state index contributed by atoms with van der Waals surface area (Å²) >= 11 is 0. The number of halogens is 1. The number of nitrogens with zero attached hydrogens (tertiary/aromatic N) is 2. The first-order valence-corrected chi connectivity index (χ1v) is 10.2. The Balaban J connectivity index is 1.48. The van der Waals surface area contributed by atoms with Crippen LogP contribution in [0.5, 0.6) is 0 Å². The second-order valence-corrected chi connectivity index (χ2v) is 8.86. The van der Waals surface area contributed by atoms with Gasteiger partial charge in [-0.1, -0.05) is 12.1 Å². The number of benzene rings is 1.